The summed E-state index contributed by atoms with van der Waals surface area (Å²) in [5, 5.41) is 14.6. The van der Waals surface area contributed by atoms with Gasteiger partial charge in [-0.3, -0.25) is 4.79 Å². The van der Waals surface area contributed by atoms with Gasteiger partial charge >= 0.3 is 12.0 Å². The summed E-state index contributed by atoms with van der Waals surface area (Å²) in [6, 6.07) is -0.300. The molecule has 0 fully saturated rings. The molecule has 2 amide bonds. The molecule has 0 saturated carbocycles. The SMILES string of the molecule is Cc1nc(CNC(=O)NCCCC(=O)O)sc1C. The number of amides is 2. The fourth-order valence-corrected chi connectivity index (χ4v) is 2.15. The van der Waals surface area contributed by atoms with Crippen LogP contribution in [-0.4, -0.2) is 28.6 Å². The van der Waals surface area contributed by atoms with Gasteiger partial charge in [0.1, 0.15) is 5.01 Å². The third kappa shape index (κ3) is 5.13. The van der Waals surface area contributed by atoms with Crippen molar-refractivity contribution >= 4 is 23.3 Å². The first-order chi connectivity index (χ1) is 8.49. The van der Waals surface area contributed by atoms with Gasteiger partial charge in [0.25, 0.3) is 0 Å². The van der Waals surface area contributed by atoms with Crippen LogP contribution in [0.3, 0.4) is 0 Å². The van der Waals surface area contributed by atoms with Crippen molar-refractivity contribution in [3.63, 3.8) is 0 Å². The lowest BCUT2D eigenvalue weighted by Gasteiger charge is -2.05. The third-order valence-corrected chi connectivity index (χ3v) is 3.40. The molecule has 0 aromatic carbocycles. The van der Waals surface area contributed by atoms with Crippen molar-refractivity contribution in [2.45, 2.75) is 33.2 Å². The van der Waals surface area contributed by atoms with Gasteiger partial charge in [0.05, 0.1) is 12.2 Å². The summed E-state index contributed by atoms with van der Waals surface area (Å²) < 4.78 is 0. The minimum atomic E-state index is -0.856. The van der Waals surface area contributed by atoms with E-state index in [1.54, 1.807) is 11.3 Å². The lowest BCUT2D eigenvalue weighted by molar-refractivity contribution is -0.137. The Balaban J connectivity index is 2.19. The Morgan fingerprint density at radius 1 is 1.33 bits per heavy atom. The predicted molar refractivity (Wildman–Crippen MR) is 68.7 cm³/mol. The molecular weight excluding hydrogens is 254 g/mol. The maximum atomic E-state index is 11.4. The van der Waals surface area contributed by atoms with Gasteiger partial charge in [-0.2, -0.15) is 0 Å². The number of thiazole rings is 1. The van der Waals surface area contributed by atoms with Crippen LogP contribution >= 0.6 is 11.3 Å². The van der Waals surface area contributed by atoms with E-state index in [0.29, 0.717) is 19.5 Å². The average molecular weight is 271 g/mol. The van der Waals surface area contributed by atoms with Crippen molar-refractivity contribution in [2.75, 3.05) is 6.54 Å². The summed E-state index contributed by atoms with van der Waals surface area (Å²) in [4.78, 5) is 27.1. The Morgan fingerprint density at radius 3 is 2.61 bits per heavy atom. The largest absolute Gasteiger partial charge is 0.481 e. The Morgan fingerprint density at radius 2 is 2.06 bits per heavy atom. The number of rotatable bonds is 6. The normalized spacial score (nSPS) is 10.1. The van der Waals surface area contributed by atoms with Gasteiger partial charge in [0, 0.05) is 17.8 Å². The van der Waals surface area contributed by atoms with Crippen LogP contribution in [0.15, 0.2) is 0 Å². The van der Waals surface area contributed by atoms with Gasteiger partial charge in [-0.15, -0.1) is 11.3 Å². The Labute approximate surface area is 109 Å². The number of aliphatic carboxylic acids is 1. The highest BCUT2D eigenvalue weighted by Gasteiger charge is 2.05. The van der Waals surface area contributed by atoms with E-state index in [4.69, 9.17) is 5.11 Å². The molecule has 100 valence electrons. The van der Waals surface area contributed by atoms with Crippen LogP contribution < -0.4 is 10.6 Å². The van der Waals surface area contributed by atoms with E-state index >= 15 is 0 Å². The fourth-order valence-electron chi connectivity index (χ4n) is 1.27. The van der Waals surface area contributed by atoms with Crippen molar-refractivity contribution in [1.82, 2.24) is 15.6 Å². The molecule has 0 aliphatic carbocycles. The van der Waals surface area contributed by atoms with E-state index < -0.39 is 5.97 Å². The van der Waals surface area contributed by atoms with Crippen LogP contribution in [-0.2, 0) is 11.3 Å². The van der Waals surface area contributed by atoms with Gasteiger partial charge in [0.2, 0.25) is 0 Å². The van der Waals surface area contributed by atoms with Gasteiger partial charge < -0.3 is 15.7 Å². The summed E-state index contributed by atoms with van der Waals surface area (Å²) in [7, 11) is 0. The van der Waals surface area contributed by atoms with E-state index in [-0.39, 0.29) is 12.5 Å². The average Bonchev–Trinajstić information content (AvgIpc) is 2.61. The van der Waals surface area contributed by atoms with Gasteiger partial charge in [-0.1, -0.05) is 0 Å². The van der Waals surface area contributed by atoms with Crippen LogP contribution in [0.4, 0.5) is 4.79 Å². The number of carboxylic acid groups (broad SMARTS) is 1. The second-order valence-electron chi connectivity index (χ2n) is 3.86. The van der Waals surface area contributed by atoms with Crippen molar-refractivity contribution in [1.29, 1.82) is 0 Å². The molecule has 6 nitrogen and oxygen atoms in total. The highest BCUT2D eigenvalue weighted by Crippen LogP contribution is 2.15. The Kier molecular flexibility index (Phi) is 5.57. The molecule has 0 spiro atoms. The molecule has 0 unspecified atom stereocenters. The number of carbonyl (C=O) groups excluding carboxylic acids is 1. The number of nitrogens with one attached hydrogen (secondary N) is 2. The minimum Gasteiger partial charge on any atom is -0.481 e. The first-order valence-electron chi connectivity index (χ1n) is 5.65. The number of nitrogens with zero attached hydrogens (tertiary/aromatic N) is 1. The molecule has 1 rings (SSSR count). The molecule has 7 heteroatoms. The number of aryl methyl sites for hydroxylation is 2. The zero-order valence-corrected chi connectivity index (χ0v) is 11.3. The second-order valence-corrected chi connectivity index (χ2v) is 5.14. The molecule has 0 bridgehead atoms. The summed E-state index contributed by atoms with van der Waals surface area (Å²) >= 11 is 1.56. The molecule has 0 aliphatic heterocycles. The van der Waals surface area contributed by atoms with E-state index in [1.807, 2.05) is 13.8 Å². The molecule has 0 radical (unpaired) electrons. The quantitative estimate of drug-likeness (QED) is 0.682. The summed E-state index contributed by atoms with van der Waals surface area (Å²) in [5.41, 5.74) is 0.985. The number of carbonyl (C=O) groups is 2. The van der Waals surface area contributed by atoms with Crippen molar-refractivity contribution in [3.8, 4) is 0 Å². The maximum absolute atomic E-state index is 11.4. The van der Waals surface area contributed by atoms with Crippen LogP contribution in [0.25, 0.3) is 0 Å². The molecule has 0 saturated heterocycles. The molecular formula is C11H17N3O3S. The van der Waals surface area contributed by atoms with Gasteiger partial charge in [-0.25, -0.2) is 9.78 Å². The van der Waals surface area contributed by atoms with Crippen LogP contribution in [0.2, 0.25) is 0 Å². The van der Waals surface area contributed by atoms with Crippen LogP contribution in [0.5, 0.6) is 0 Å². The molecule has 1 heterocycles. The third-order valence-electron chi connectivity index (χ3n) is 2.33. The number of carboxylic acids is 1. The van der Waals surface area contributed by atoms with Crippen molar-refractivity contribution < 1.29 is 14.7 Å². The maximum Gasteiger partial charge on any atom is 0.315 e. The first-order valence-corrected chi connectivity index (χ1v) is 6.47. The molecule has 1 aromatic heterocycles. The lowest BCUT2D eigenvalue weighted by Crippen LogP contribution is -2.35. The van der Waals surface area contributed by atoms with Crippen molar-refractivity contribution in [3.05, 3.63) is 15.6 Å². The van der Waals surface area contributed by atoms with Crippen LogP contribution in [0.1, 0.15) is 28.4 Å². The molecule has 0 atom stereocenters. The number of hydrogen-bond acceptors (Lipinski definition) is 4. The highest BCUT2D eigenvalue weighted by molar-refractivity contribution is 7.11. The molecule has 0 aliphatic rings. The highest BCUT2D eigenvalue weighted by atomic mass is 32.1. The predicted octanol–water partition coefficient (Wildman–Crippen LogP) is 1.42. The summed E-state index contributed by atoms with van der Waals surface area (Å²) in [6.45, 7) is 4.67. The van der Waals surface area contributed by atoms with Gasteiger partial charge in [0.15, 0.2) is 0 Å². The van der Waals surface area contributed by atoms with Crippen molar-refractivity contribution in [2.24, 2.45) is 0 Å². The molecule has 18 heavy (non-hydrogen) atoms. The number of urea groups is 1. The fraction of sp³-hybridized carbons (Fsp3) is 0.545. The lowest BCUT2D eigenvalue weighted by atomic mass is 10.3. The van der Waals surface area contributed by atoms with Crippen LogP contribution in [0, 0.1) is 13.8 Å². The Bertz CT molecular complexity index is 412. The monoisotopic (exact) mass is 271 g/mol. The topological polar surface area (TPSA) is 91.3 Å². The zero-order chi connectivity index (χ0) is 13.5. The molecule has 1 aromatic rings. The second kappa shape index (κ2) is 6.95. The summed E-state index contributed by atoms with van der Waals surface area (Å²) in [5.74, 6) is -0.856. The standard InChI is InChI=1S/C11H17N3O3S/c1-7-8(2)18-9(14-7)6-13-11(17)12-5-3-4-10(15)16/h3-6H2,1-2H3,(H,15,16)(H2,12,13,17). The summed E-state index contributed by atoms with van der Waals surface area (Å²) in [6.07, 6.45) is 0.489. The Hall–Kier alpha value is -1.63. The first kappa shape index (κ1) is 14.4. The van der Waals surface area contributed by atoms with Gasteiger partial charge in [-0.05, 0) is 20.3 Å². The molecule has 3 N–H and O–H groups in total. The van der Waals surface area contributed by atoms with E-state index in [1.165, 1.54) is 0 Å². The number of hydrogen-bond donors (Lipinski definition) is 3. The van der Waals surface area contributed by atoms with E-state index in [0.717, 1.165) is 15.6 Å². The minimum absolute atomic E-state index is 0.0607. The number of aromatic nitrogens is 1. The smallest absolute Gasteiger partial charge is 0.315 e. The zero-order valence-electron chi connectivity index (χ0n) is 10.4. The van der Waals surface area contributed by atoms with E-state index in [2.05, 4.69) is 15.6 Å². The van der Waals surface area contributed by atoms with E-state index in [9.17, 15) is 9.59 Å².